The summed E-state index contributed by atoms with van der Waals surface area (Å²) in [7, 11) is 4.01. The first kappa shape index (κ1) is 11.3. The van der Waals surface area contributed by atoms with Gasteiger partial charge in [0.15, 0.2) is 0 Å². The van der Waals surface area contributed by atoms with Crippen molar-refractivity contribution in [2.75, 3.05) is 20.8 Å². The summed E-state index contributed by atoms with van der Waals surface area (Å²) in [5.74, 6) is 6.28. The molecule has 3 N–H and O–H groups in total. The number of nitrogens with zero attached hydrogens (tertiary/aromatic N) is 1. The summed E-state index contributed by atoms with van der Waals surface area (Å²) in [5.41, 5.74) is 2.91. The molecular weight excluding hydrogens is 190 g/mol. The first-order chi connectivity index (χ1) is 7.26. The van der Waals surface area contributed by atoms with Crippen molar-refractivity contribution in [3.05, 3.63) is 0 Å². The molecule has 2 heterocycles. The number of fused-ring (bicyclic) bond motifs is 2. The van der Waals surface area contributed by atoms with Crippen molar-refractivity contribution >= 4 is 0 Å². The normalized spacial score (nSPS) is 38.2. The average Bonchev–Trinajstić information content (AvgIpc) is 2.50. The second-order valence-corrected chi connectivity index (χ2v) is 5.01. The molecule has 15 heavy (non-hydrogen) atoms. The molecule has 0 aliphatic carbocycles. The highest BCUT2D eigenvalue weighted by molar-refractivity contribution is 4.96. The second kappa shape index (κ2) is 4.78. The summed E-state index contributed by atoms with van der Waals surface area (Å²) in [6.45, 7) is 0.727. The highest BCUT2D eigenvalue weighted by Gasteiger charge is 2.40. The Bertz CT molecular complexity index is 198. The molecule has 0 saturated carbocycles. The second-order valence-electron chi connectivity index (χ2n) is 5.01. The zero-order chi connectivity index (χ0) is 10.8. The van der Waals surface area contributed by atoms with Crippen molar-refractivity contribution in [2.45, 2.75) is 43.8 Å². The third-order valence-corrected chi connectivity index (χ3v) is 4.26. The minimum absolute atomic E-state index is 0.326. The Morgan fingerprint density at radius 3 is 2.47 bits per heavy atom. The third-order valence-electron chi connectivity index (χ3n) is 4.26. The molecule has 2 rings (SSSR count). The predicted molar refractivity (Wildman–Crippen MR) is 60.3 cm³/mol. The molecule has 0 aromatic carbocycles. The number of methoxy groups -OCH3 is 1. The molecule has 2 aliphatic rings. The number of hydrazine groups is 1. The van der Waals surface area contributed by atoms with Crippen molar-refractivity contribution < 1.29 is 4.74 Å². The number of piperidine rings is 1. The van der Waals surface area contributed by atoms with Gasteiger partial charge < -0.3 is 9.64 Å². The Hall–Kier alpha value is -0.160. The number of nitrogens with two attached hydrogens (primary N) is 1. The molecule has 0 amide bonds. The molecule has 0 aromatic rings. The van der Waals surface area contributed by atoms with Gasteiger partial charge in [0.05, 0.1) is 6.61 Å². The van der Waals surface area contributed by atoms with Crippen molar-refractivity contribution in [3.8, 4) is 0 Å². The highest BCUT2D eigenvalue weighted by Crippen LogP contribution is 2.38. The number of ether oxygens (including phenoxy) is 1. The lowest BCUT2D eigenvalue weighted by molar-refractivity contribution is 0.0762. The summed E-state index contributed by atoms with van der Waals surface area (Å²) in [4.78, 5) is 2.55. The SMILES string of the molecule is COCC(NN)C1CC2CCC(C1)N2C. The van der Waals surface area contributed by atoms with Gasteiger partial charge in [-0.1, -0.05) is 0 Å². The van der Waals surface area contributed by atoms with E-state index in [4.69, 9.17) is 10.6 Å². The van der Waals surface area contributed by atoms with Gasteiger partial charge in [0.25, 0.3) is 0 Å². The van der Waals surface area contributed by atoms with Gasteiger partial charge in [-0.3, -0.25) is 11.3 Å². The van der Waals surface area contributed by atoms with E-state index in [1.807, 2.05) is 0 Å². The topological polar surface area (TPSA) is 50.5 Å². The van der Waals surface area contributed by atoms with Crippen LogP contribution in [0.4, 0.5) is 0 Å². The first-order valence-corrected chi connectivity index (χ1v) is 5.93. The summed E-state index contributed by atoms with van der Waals surface area (Å²) in [6.07, 6.45) is 5.26. The smallest absolute Gasteiger partial charge is 0.0632 e. The molecule has 0 aromatic heterocycles. The molecule has 2 bridgehead atoms. The lowest BCUT2D eigenvalue weighted by Crippen LogP contribution is -2.50. The quantitative estimate of drug-likeness (QED) is 0.522. The van der Waals surface area contributed by atoms with E-state index in [-0.39, 0.29) is 0 Å². The van der Waals surface area contributed by atoms with Crippen molar-refractivity contribution in [3.63, 3.8) is 0 Å². The molecule has 2 saturated heterocycles. The van der Waals surface area contributed by atoms with Gasteiger partial charge in [0, 0.05) is 25.2 Å². The van der Waals surface area contributed by atoms with Crippen LogP contribution in [0.25, 0.3) is 0 Å². The van der Waals surface area contributed by atoms with Crippen LogP contribution in [-0.4, -0.2) is 43.8 Å². The van der Waals surface area contributed by atoms with Gasteiger partial charge in [-0.15, -0.1) is 0 Å². The fraction of sp³-hybridized carbons (Fsp3) is 1.00. The van der Waals surface area contributed by atoms with Crippen LogP contribution in [0.3, 0.4) is 0 Å². The molecule has 4 nitrogen and oxygen atoms in total. The van der Waals surface area contributed by atoms with Crippen LogP contribution < -0.4 is 11.3 Å². The minimum Gasteiger partial charge on any atom is -0.383 e. The van der Waals surface area contributed by atoms with Gasteiger partial charge in [-0.25, -0.2) is 0 Å². The van der Waals surface area contributed by atoms with Crippen molar-refractivity contribution in [2.24, 2.45) is 11.8 Å². The molecule has 2 fully saturated rings. The molecule has 0 radical (unpaired) electrons. The molecule has 0 spiro atoms. The maximum Gasteiger partial charge on any atom is 0.0632 e. The predicted octanol–water partition coefficient (Wildman–Crippen LogP) is 0.338. The largest absolute Gasteiger partial charge is 0.383 e. The van der Waals surface area contributed by atoms with Crippen LogP contribution in [-0.2, 0) is 4.74 Å². The van der Waals surface area contributed by atoms with Crippen molar-refractivity contribution in [1.82, 2.24) is 10.3 Å². The monoisotopic (exact) mass is 213 g/mol. The third kappa shape index (κ3) is 2.18. The number of hydrogen-bond donors (Lipinski definition) is 2. The number of hydrogen-bond acceptors (Lipinski definition) is 4. The zero-order valence-corrected chi connectivity index (χ0v) is 9.78. The average molecular weight is 213 g/mol. The van der Waals surface area contributed by atoms with Crippen molar-refractivity contribution in [1.29, 1.82) is 0 Å². The molecule has 3 unspecified atom stereocenters. The highest BCUT2D eigenvalue weighted by atomic mass is 16.5. The van der Waals surface area contributed by atoms with Crippen LogP contribution in [0.1, 0.15) is 25.7 Å². The van der Waals surface area contributed by atoms with Gasteiger partial charge in [0.2, 0.25) is 0 Å². The van der Waals surface area contributed by atoms with E-state index in [2.05, 4.69) is 17.4 Å². The fourth-order valence-electron chi connectivity index (χ4n) is 3.28. The minimum atomic E-state index is 0.326. The number of rotatable bonds is 4. The van der Waals surface area contributed by atoms with E-state index in [0.29, 0.717) is 12.0 Å². The molecule has 88 valence electrons. The van der Waals surface area contributed by atoms with Crippen LogP contribution in [0.5, 0.6) is 0 Å². The molecule has 3 atom stereocenters. The molecular formula is C11H23N3O. The maximum absolute atomic E-state index is 5.59. The Kier molecular flexibility index (Phi) is 3.61. The molecule has 4 heteroatoms. The standard InChI is InChI=1S/C11H23N3O/c1-14-9-3-4-10(14)6-8(5-9)11(13-12)7-15-2/h8-11,13H,3-7,12H2,1-2H3. The number of nitrogens with one attached hydrogen (secondary N) is 1. The summed E-state index contributed by atoms with van der Waals surface area (Å²) in [5, 5.41) is 0. The maximum atomic E-state index is 5.59. The van der Waals surface area contributed by atoms with E-state index >= 15 is 0 Å². The summed E-state index contributed by atoms with van der Waals surface area (Å²) < 4.78 is 5.21. The lowest BCUT2D eigenvalue weighted by atomic mass is 9.85. The van der Waals surface area contributed by atoms with E-state index in [9.17, 15) is 0 Å². The zero-order valence-electron chi connectivity index (χ0n) is 9.78. The Morgan fingerprint density at radius 1 is 1.40 bits per heavy atom. The first-order valence-electron chi connectivity index (χ1n) is 5.93. The fourth-order valence-corrected chi connectivity index (χ4v) is 3.28. The van der Waals surface area contributed by atoms with Gasteiger partial charge in [0.1, 0.15) is 0 Å². The lowest BCUT2D eigenvalue weighted by Gasteiger charge is -2.39. The Morgan fingerprint density at radius 2 is 2.00 bits per heavy atom. The Labute approximate surface area is 92.1 Å². The summed E-state index contributed by atoms with van der Waals surface area (Å²) in [6, 6.07) is 1.88. The van der Waals surface area contributed by atoms with Gasteiger partial charge in [-0.05, 0) is 38.6 Å². The van der Waals surface area contributed by atoms with Crippen LogP contribution >= 0.6 is 0 Å². The Balaban J connectivity index is 1.95. The van der Waals surface area contributed by atoms with E-state index in [1.54, 1.807) is 7.11 Å². The molecule has 2 aliphatic heterocycles. The van der Waals surface area contributed by atoms with E-state index in [0.717, 1.165) is 18.7 Å². The van der Waals surface area contributed by atoms with Crippen LogP contribution in [0.15, 0.2) is 0 Å². The van der Waals surface area contributed by atoms with Gasteiger partial charge >= 0.3 is 0 Å². The summed E-state index contributed by atoms with van der Waals surface area (Å²) >= 11 is 0. The van der Waals surface area contributed by atoms with E-state index < -0.39 is 0 Å². The van der Waals surface area contributed by atoms with Crippen LogP contribution in [0.2, 0.25) is 0 Å². The van der Waals surface area contributed by atoms with Crippen LogP contribution in [0, 0.1) is 5.92 Å². The van der Waals surface area contributed by atoms with E-state index in [1.165, 1.54) is 25.7 Å². The van der Waals surface area contributed by atoms with Gasteiger partial charge in [-0.2, -0.15) is 0 Å².